The fourth-order valence-corrected chi connectivity index (χ4v) is 11.6. The molecule has 0 amide bonds. The summed E-state index contributed by atoms with van der Waals surface area (Å²) in [5.41, 5.74) is 7.98. The summed E-state index contributed by atoms with van der Waals surface area (Å²) in [7, 11) is 0.0995. The molecule has 5 rings (SSSR count). The van der Waals surface area contributed by atoms with Crippen LogP contribution < -0.4 is 0 Å². The van der Waals surface area contributed by atoms with Crippen molar-refractivity contribution in [3.63, 3.8) is 0 Å². The molecule has 3 unspecified atom stereocenters. The molecular formula is C40H65P. The fourth-order valence-electron chi connectivity index (χ4n) is 7.58. The molecule has 0 radical (unpaired) electrons. The molecule has 0 nitrogen and oxygen atoms in total. The second-order valence-electron chi connectivity index (χ2n) is 13.9. The Kier molecular flexibility index (Phi) is 16.1. The van der Waals surface area contributed by atoms with Crippen molar-refractivity contribution < 1.29 is 0 Å². The third-order valence-corrected chi connectivity index (χ3v) is 13.8. The Morgan fingerprint density at radius 2 is 1.22 bits per heavy atom. The topological polar surface area (TPSA) is 0 Å². The molecule has 230 valence electrons. The second-order valence-corrected chi connectivity index (χ2v) is 16.6. The van der Waals surface area contributed by atoms with Gasteiger partial charge in [-0.1, -0.05) is 175 Å². The van der Waals surface area contributed by atoms with Crippen LogP contribution in [0, 0.1) is 11.8 Å². The van der Waals surface area contributed by atoms with Gasteiger partial charge in [-0.25, -0.2) is 0 Å². The highest BCUT2D eigenvalue weighted by Gasteiger charge is 2.37. The first-order chi connectivity index (χ1) is 20.0. The lowest BCUT2D eigenvalue weighted by molar-refractivity contribution is 0.385. The maximum Gasteiger partial charge on any atom is 0.00760 e. The Morgan fingerprint density at radius 1 is 0.659 bits per heavy atom. The predicted molar refractivity (Wildman–Crippen MR) is 188 cm³/mol. The molecule has 3 aliphatic rings. The average Bonchev–Trinajstić information content (AvgIpc) is 3.01. The van der Waals surface area contributed by atoms with Gasteiger partial charge in [0.25, 0.3) is 0 Å². The van der Waals surface area contributed by atoms with Gasteiger partial charge in [-0.15, -0.1) is 0 Å². The quantitative estimate of drug-likeness (QED) is 0.227. The molecule has 1 saturated heterocycles. The van der Waals surface area contributed by atoms with Crippen LogP contribution in [0.25, 0.3) is 11.1 Å². The van der Waals surface area contributed by atoms with Crippen molar-refractivity contribution in [1.82, 2.24) is 0 Å². The van der Waals surface area contributed by atoms with Gasteiger partial charge in [0.05, 0.1) is 0 Å². The van der Waals surface area contributed by atoms with Gasteiger partial charge in [0.1, 0.15) is 0 Å². The Hall–Kier alpha value is -1.13. The Bertz CT molecular complexity index is 945. The van der Waals surface area contributed by atoms with Gasteiger partial charge in [-0.05, 0) is 77.5 Å². The average molecular weight is 577 g/mol. The molecule has 2 aromatic carbocycles. The minimum Gasteiger partial charge on any atom is -0.0955 e. The largest absolute Gasteiger partial charge is 0.0955 e. The first kappa shape index (κ1) is 34.4. The van der Waals surface area contributed by atoms with E-state index in [0.29, 0.717) is 5.92 Å². The Labute approximate surface area is 257 Å². The number of hydrogen-bond acceptors (Lipinski definition) is 0. The smallest absolute Gasteiger partial charge is 0.00760 e. The Morgan fingerprint density at radius 3 is 1.78 bits per heavy atom. The predicted octanol–water partition coefficient (Wildman–Crippen LogP) is 13.9. The van der Waals surface area contributed by atoms with Crippen LogP contribution in [-0.4, -0.2) is 11.8 Å². The molecule has 2 aliphatic carbocycles. The molecule has 41 heavy (non-hydrogen) atoms. The summed E-state index contributed by atoms with van der Waals surface area (Å²) in [4.78, 5) is 0. The van der Waals surface area contributed by atoms with Crippen molar-refractivity contribution in [2.24, 2.45) is 11.8 Å². The van der Waals surface area contributed by atoms with Crippen molar-refractivity contribution in [3.05, 3.63) is 59.7 Å². The lowest BCUT2D eigenvalue weighted by Gasteiger charge is -2.44. The maximum absolute atomic E-state index is 2.55. The van der Waals surface area contributed by atoms with Crippen molar-refractivity contribution >= 4 is 7.92 Å². The zero-order valence-electron chi connectivity index (χ0n) is 28.0. The standard InChI is InChI=1S/C27H37P.C7H14.C6H14/c1-20(2)23-15-7-8-16-24(23)25-17-9-10-18-26(25)27-21(3)12-11-19-28(27)22-13-5-4-6-14-22;1-7-5-3-2-4-6-7;1-3-5-6-4-2/h7-10,15-18,20-22,27H,4-6,11-14,19H2,1-3H3;7H,2-6H2,1H3;3-6H2,1-2H3. The van der Waals surface area contributed by atoms with Gasteiger partial charge >= 0.3 is 0 Å². The molecule has 0 spiro atoms. The molecule has 3 atom stereocenters. The van der Waals surface area contributed by atoms with Crippen LogP contribution in [0.4, 0.5) is 0 Å². The second kappa shape index (κ2) is 19.2. The summed E-state index contributed by atoms with van der Waals surface area (Å²) < 4.78 is 0. The van der Waals surface area contributed by atoms with Gasteiger partial charge in [0, 0.05) is 5.66 Å². The summed E-state index contributed by atoms with van der Waals surface area (Å²) >= 11 is 0. The van der Waals surface area contributed by atoms with Gasteiger partial charge in [-0.3, -0.25) is 0 Å². The van der Waals surface area contributed by atoms with E-state index in [1.54, 1.807) is 5.56 Å². The lowest BCUT2D eigenvalue weighted by Crippen LogP contribution is -2.24. The molecule has 0 aromatic heterocycles. The molecule has 0 bridgehead atoms. The van der Waals surface area contributed by atoms with E-state index in [2.05, 4.69) is 90.1 Å². The number of unbranched alkanes of at least 4 members (excludes halogenated alkanes) is 3. The molecular weight excluding hydrogens is 511 g/mol. The van der Waals surface area contributed by atoms with E-state index in [9.17, 15) is 0 Å². The summed E-state index contributed by atoms with van der Waals surface area (Å²) in [5.74, 6) is 2.43. The number of benzene rings is 2. The molecule has 1 heterocycles. The molecule has 2 saturated carbocycles. The van der Waals surface area contributed by atoms with Crippen molar-refractivity contribution in [2.75, 3.05) is 6.16 Å². The van der Waals surface area contributed by atoms with Crippen molar-refractivity contribution in [2.45, 2.75) is 162 Å². The molecule has 1 aliphatic heterocycles. The van der Waals surface area contributed by atoms with E-state index >= 15 is 0 Å². The SMILES string of the molecule is CC(C)c1ccccc1-c1ccccc1C1C(C)CCCP1C1CCCCC1.CC1CCCCC1.CCCCCC. The summed E-state index contributed by atoms with van der Waals surface area (Å²) in [6, 6.07) is 18.6. The molecule has 0 N–H and O–H groups in total. The van der Waals surface area contributed by atoms with Crippen molar-refractivity contribution in [3.8, 4) is 11.1 Å². The van der Waals surface area contributed by atoms with Crippen LogP contribution >= 0.6 is 7.92 Å². The molecule has 1 heteroatoms. The third-order valence-electron chi connectivity index (χ3n) is 10.0. The first-order valence-corrected chi connectivity index (χ1v) is 19.6. The lowest BCUT2D eigenvalue weighted by atomic mass is 9.86. The normalized spacial score (nSPS) is 23.7. The summed E-state index contributed by atoms with van der Waals surface area (Å²) in [6.45, 7) is 14.0. The van der Waals surface area contributed by atoms with Crippen LogP contribution in [-0.2, 0) is 0 Å². The highest BCUT2D eigenvalue weighted by atomic mass is 31.1. The van der Waals surface area contributed by atoms with E-state index in [0.717, 1.165) is 23.2 Å². The number of rotatable bonds is 7. The van der Waals surface area contributed by atoms with E-state index in [-0.39, 0.29) is 7.92 Å². The first-order valence-electron chi connectivity index (χ1n) is 17.9. The van der Waals surface area contributed by atoms with Crippen LogP contribution in [0.1, 0.15) is 167 Å². The van der Waals surface area contributed by atoms with Crippen LogP contribution in [0.5, 0.6) is 0 Å². The third kappa shape index (κ3) is 10.8. The molecule has 2 aromatic rings. The minimum atomic E-state index is 0.0995. The highest BCUT2D eigenvalue weighted by Crippen LogP contribution is 2.65. The van der Waals surface area contributed by atoms with Gasteiger partial charge in [0.2, 0.25) is 0 Å². The summed E-state index contributed by atoms with van der Waals surface area (Å²) in [6.07, 6.45) is 24.8. The van der Waals surface area contributed by atoms with Crippen LogP contribution in [0.2, 0.25) is 0 Å². The van der Waals surface area contributed by atoms with E-state index in [1.807, 2.05) is 0 Å². The van der Waals surface area contributed by atoms with Gasteiger partial charge < -0.3 is 0 Å². The van der Waals surface area contributed by atoms with E-state index in [1.165, 1.54) is 126 Å². The zero-order valence-corrected chi connectivity index (χ0v) is 28.9. The van der Waals surface area contributed by atoms with E-state index < -0.39 is 0 Å². The highest BCUT2D eigenvalue weighted by molar-refractivity contribution is 7.58. The van der Waals surface area contributed by atoms with E-state index in [4.69, 9.17) is 0 Å². The monoisotopic (exact) mass is 576 g/mol. The zero-order chi connectivity index (χ0) is 29.5. The van der Waals surface area contributed by atoms with Gasteiger partial charge in [-0.2, -0.15) is 0 Å². The van der Waals surface area contributed by atoms with Crippen molar-refractivity contribution in [1.29, 1.82) is 0 Å². The van der Waals surface area contributed by atoms with Crippen LogP contribution in [0.3, 0.4) is 0 Å². The van der Waals surface area contributed by atoms with Gasteiger partial charge in [0.15, 0.2) is 0 Å². The number of hydrogen-bond donors (Lipinski definition) is 0. The fraction of sp³-hybridized carbons (Fsp3) is 0.700. The summed E-state index contributed by atoms with van der Waals surface area (Å²) in [5, 5.41) is 0. The maximum atomic E-state index is 2.55. The van der Waals surface area contributed by atoms with Crippen LogP contribution in [0.15, 0.2) is 48.5 Å². The minimum absolute atomic E-state index is 0.0995. The Balaban J connectivity index is 0.000000294. The molecule has 3 fully saturated rings.